The lowest BCUT2D eigenvalue weighted by Gasteiger charge is -2.14. The lowest BCUT2D eigenvalue weighted by molar-refractivity contribution is -0.0497. The molecule has 0 aliphatic rings. The van der Waals surface area contributed by atoms with E-state index in [4.69, 9.17) is 16.3 Å². The van der Waals surface area contributed by atoms with E-state index in [-0.39, 0.29) is 22.5 Å². The van der Waals surface area contributed by atoms with Crippen LogP contribution in [0.1, 0.15) is 6.92 Å². The third kappa shape index (κ3) is 5.58. The molecule has 1 aromatic rings. The minimum absolute atomic E-state index is 0.0315. The summed E-state index contributed by atoms with van der Waals surface area (Å²) < 4.78 is 33.4. The van der Waals surface area contributed by atoms with Crippen LogP contribution in [0.15, 0.2) is 18.2 Å². The van der Waals surface area contributed by atoms with Gasteiger partial charge in [-0.1, -0.05) is 11.6 Å². The number of carbonyl (C=O) groups is 1. The molecule has 0 heterocycles. The van der Waals surface area contributed by atoms with Crippen LogP contribution in [-0.2, 0) is 4.74 Å². The number of carbonyl (C=O) groups excluding carboxylic acids is 1. The maximum atomic E-state index is 12.2. The Bertz CT molecular complexity index is 460. The number of ether oxygens (including phenoxy) is 2. The third-order valence-corrected chi connectivity index (χ3v) is 2.51. The summed E-state index contributed by atoms with van der Waals surface area (Å²) in [6.45, 7) is -0.873. The summed E-state index contributed by atoms with van der Waals surface area (Å²) >= 11 is 5.70. The van der Waals surface area contributed by atoms with Crippen LogP contribution in [0.3, 0.4) is 0 Å². The molecule has 2 N–H and O–H groups in total. The van der Waals surface area contributed by atoms with Crippen molar-refractivity contribution >= 4 is 23.3 Å². The Morgan fingerprint density at radius 2 is 2.15 bits per heavy atom. The van der Waals surface area contributed by atoms with E-state index in [1.54, 1.807) is 6.92 Å². The average molecular weight is 309 g/mol. The van der Waals surface area contributed by atoms with E-state index >= 15 is 0 Å². The Morgan fingerprint density at radius 1 is 1.45 bits per heavy atom. The fraction of sp³-hybridized carbons (Fsp3) is 0.417. The number of alkyl halides is 2. The monoisotopic (exact) mass is 308 g/mol. The van der Waals surface area contributed by atoms with Gasteiger partial charge in [0.25, 0.3) is 0 Å². The topological polar surface area (TPSA) is 59.6 Å². The number of nitrogens with one attached hydrogen (secondary N) is 2. The quantitative estimate of drug-likeness (QED) is 0.849. The maximum absolute atomic E-state index is 12.2. The maximum Gasteiger partial charge on any atom is 0.387 e. The van der Waals surface area contributed by atoms with Crippen molar-refractivity contribution in [1.29, 1.82) is 0 Å². The SMILES string of the molecule is COC[C@@H](C)NC(=O)Nc1ccc(Cl)c(OC(F)F)c1. The second-order valence-corrected chi connectivity index (χ2v) is 4.39. The van der Waals surface area contributed by atoms with Gasteiger partial charge in [-0.15, -0.1) is 0 Å². The summed E-state index contributed by atoms with van der Waals surface area (Å²) in [6.07, 6.45) is 0. The van der Waals surface area contributed by atoms with Crippen molar-refractivity contribution in [1.82, 2.24) is 5.32 Å². The van der Waals surface area contributed by atoms with E-state index < -0.39 is 12.6 Å². The number of anilines is 1. The molecular formula is C12H15ClF2N2O3. The molecule has 0 saturated carbocycles. The summed E-state index contributed by atoms with van der Waals surface area (Å²) in [5.41, 5.74) is 0.284. The molecule has 2 amide bonds. The zero-order valence-electron chi connectivity index (χ0n) is 11.0. The van der Waals surface area contributed by atoms with Gasteiger partial charge in [-0.2, -0.15) is 8.78 Å². The number of methoxy groups -OCH3 is 1. The fourth-order valence-electron chi connectivity index (χ4n) is 1.45. The van der Waals surface area contributed by atoms with E-state index in [1.165, 1.54) is 25.3 Å². The summed E-state index contributed by atoms with van der Waals surface area (Å²) in [4.78, 5) is 11.6. The van der Waals surface area contributed by atoms with Crippen LogP contribution in [-0.4, -0.2) is 32.4 Å². The first-order valence-corrected chi connectivity index (χ1v) is 6.11. The molecule has 0 aromatic heterocycles. The first-order chi connectivity index (χ1) is 9.42. The Balaban J connectivity index is 2.65. The van der Waals surface area contributed by atoms with Gasteiger partial charge in [0.2, 0.25) is 0 Å². The summed E-state index contributed by atoms with van der Waals surface area (Å²) in [6, 6.07) is 3.37. The van der Waals surface area contributed by atoms with Crippen molar-refractivity contribution in [2.75, 3.05) is 19.0 Å². The largest absolute Gasteiger partial charge is 0.433 e. The zero-order valence-corrected chi connectivity index (χ0v) is 11.7. The Labute approximate surface area is 120 Å². The van der Waals surface area contributed by atoms with Gasteiger partial charge in [0.1, 0.15) is 5.75 Å². The summed E-state index contributed by atoms with van der Waals surface area (Å²) in [5.74, 6) is -0.204. The van der Waals surface area contributed by atoms with Crippen LogP contribution in [0.2, 0.25) is 5.02 Å². The van der Waals surface area contributed by atoms with E-state index in [9.17, 15) is 13.6 Å². The normalized spacial score (nSPS) is 12.1. The molecule has 0 radical (unpaired) electrons. The van der Waals surface area contributed by atoms with Crippen LogP contribution in [0, 0.1) is 0 Å². The van der Waals surface area contributed by atoms with Gasteiger partial charge >= 0.3 is 12.6 Å². The number of hydrogen-bond donors (Lipinski definition) is 2. The molecule has 0 aliphatic carbocycles. The highest BCUT2D eigenvalue weighted by Crippen LogP contribution is 2.29. The number of hydrogen-bond acceptors (Lipinski definition) is 3. The molecule has 112 valence electrons. The van der Waals surface area contributed by atoms with Crippen molar-refractivity contribution in [2.24, 2.45) is 0 Å². The number of rotatable bonds is 6. The number of halogens is 3. The molecule has 0 unspecified atom stereocenters. The molecule has 0 aliphatic heterocycles. The molecule has 0 bridgehead atoms. The highest BCUT2D eigenvalue weighted by Gasteiger charge is 2.11. The van der Waals surface area contributed by atoms with Gasteiger partial charge in [-0.05, 0) is 19.1 Å². The van der Waals surface area contributed by atoms with Crippen molar-refractivity contribution in [2.45, 2.75) is 19.6 Å². The second-order valence-electron chi connectivity index (χ2n) is 3.98. The molecule has 8 heteroatoms. The van der Waals surface area contributed by atoms with Gasteiger partial charge in [0, 0.05) is 18.9 Å². The second kappa shape index (κ2) is 7.86. The lowest BCUT2D eigenvalue weighted by Crippen LogP contribution is -2.38. The molecule has 1 rings (SSSR count). The Morgan fingerprint density at radius 3 is 2.75 bits per heavy atom. The average Bonchev–Trinajstić information content (AvgIpc) is 2.32. The van der Waals surface area contributed by atoms with Gasteiger partial charge < -0.3 is 20.1 Å². The molecule has 20 heavy (non-hydrogen) atoms. The van der Waals surface area contributed by atoms with Crippen LogP contribution in [0.4, 0.5) is 19.3 Å². The molecule has 1 atom stereocenters. The molecule has 5 nitrogen and oxygen atoms in total. The van der Waals surface area contributed by atoms with E-state index in [0.717, 1.165) is 0 Å². The summed E-state index contributed by atoms with van der Waals surface area (Å²) in [7, 11) is 1.52. The molecule has 0 spiro atoms. The fourth-order valence-corrected chi connectivity index (χ4v) is 1.61. The number of urea groups is 1. The predicted octanol–water partition coefficient (Wildman–Crippen LogP) is 3.10. The van der Waals surface area contributed by atoms with Crippen molar-refractivity contribution in [3.8, 4) is 5.75 Å². The van der Waals surface area contributed by atoms with Crippen LogP contribution in [0.5, 0.6) is 5.75 Å². The first-order valence-electron chi connectivity index (χ1n) is 5.73. The van der Waals surface area contributed by atoms with Gasteiger partial charge in [0.05, 0.1) is 17.7 Å². The van der Waals surface area contributed by atoms with Crippen LogP contribution in [0.25, 0.3) is 0 Å². The minimum Gasteiger partial charge on any atom is -0.433 e. The Kier molecular flexibility index (Phi) is 6.47. The summed E-state index contributed by atoms with van der Waals surface area (Å²) in [5, 5.41) is 5.12. The van der Waals surface area contributed by atoms with E-state index in [1.807, 2.05) is 0 Å². The van der Waals surface area contributed by atoms with Crippen molar-refractivity contribution < 1.29 is 23.0 Å². The first kappa shape index (κ1) is 16.5. The van der Waals surface area contributed by atoms with Gasteiger partial charge in [-0.3, -0.25) is 0 Å². The highest BCUT2D eigenvalue weighted by molar-refractivity contribution is 6.32. The molecule has 1 aromatic carbocycles. The standard InChI is InChI=1S/C12H15ClF2N2O3/c1-7(6-19-2)16-12(18)17-8-3-4-9(13)10(5-8)20-11(14)15/h3-5,7,11H,6H2,1-2H3,(H2,16,17,18)/t7-/m1/s1. The van der Waals surface area contributed by atoms with Crippen molar-refractivity contribution in [3.63, 3.8) is 0 Å². The van der Waals surface area contributed by atoms with Crippen LogP contribution < -0.4 is 15.4 Å². The predicted molar refractivity (Wildman–Crippen MR) is 71.6 cm³/mol. The Hall–Kier alpha value is -1.60. The van der Waals surface area contributed by atoms with Crippen molar-refractivity contribution in [3.05, 3.63) is 23.2 Å². The number of benzene rings is 1. The van der Waals surface area contributed by atoms with Gasteiger partial charge in [-0.25, -0.2) is 4.79 Å². The third-order valence-electron chi connectivity index (χ3n) is 2.20. The zero-order chi connectivity index (χ0) is 15.1. The molecule has 0 fully saturated rings. The minimum atomic E-state index is -2.99. The van der Waals surface area contributed by atoms with E-state index in [0.29, 0.717) is 6.61 Å². The molecule has 0 saturated heterocycles. The van der Waals surface area contributed by atoms with Crippen LogP contribution >= 0.6 is 11.6 Å². The lowest BCUT2D eigenvalue weighted by atomic mass is 10.3. The van der Waals surface area contributed by atoms with E-state index in [2.05, 4.69) is 15.4 Å². The number of amides is 2. The highest BCUT2D eigenvalue weighted by atomic mass is 35.5. The smallest absolute Gasteiger partial charge is 0.387 e. The van der Waals surface area contributed by atoms with Gasteiger partial charge in [0.15, 0.2) is 0 Å². The molecular weight excluding hydrogens is 294 g/mol.